The first kappa shape index (κ1) is 13.2. The van der Waals surface area contributed by atoms with E-state index in [4.69, 9.17) is 10.5 Å². The molecule has 100 valence electrons. The topological polar surface area (TPSA) is 51.4 Å². The maximum Gasteiger partial charge on any atom is 0.119 e. The predicted octanol–water partition coefficient (Wildman–Crippen LogP) is 2.35. The minimum Gasteiger partial charge on any atom is -0.497 e. The molecule has 0 radical (unpaired) electrons. The van der Waals surface area contributed by atoms with E-state index in [2.05, 4.69) is 29.1 Å². The molecule has 0 saturated carbocycles. The number of aromatic nitrogens is 1. The molecule has 1 heterocycles. The van der Waals surface area contributed by atoms with Crippen molar-refractivity contribution in [2.45, 2.75) is 6.42 Å². The zero-order chi connectivity index (χ0) is 13.7. The highest BCUT2D eigenvalue weighted by molar-refractivity contribution is 5.48. The Morgan fingerprint density at radius 1 is 1.16 bits per heavy atom. The molecular weight excluding hydrogens is 238 g/mol. The van der Waals surface area contributed by atoms with Gasteiger partial charge < -0.3 is 15.4 Å². The van der Waals surface area contributed by atoms with Crippen molar-refractivity contribution in [1.29, 1.82) is 0 Å². The third-order valence-corrected chi connectivity index (χ3v) is 3.06. The van der Waals surface area contributed by atoms with E-state index < -0.39 is 0 Å². The summed E-state index contributed by atoms with van der Waals surface area (Å²) in [6, 6.07) is 11.9. The van der Waals surface area contributed by atoms with E-state index in [9.17, 15) is 0 Å². The summed E-state index contributed by atoms with van der Waals surface area (Å²) in [4.78, 5) is 6.49. The lowest BCUT2D eigenvalue weighted by Crippen LogP contribution is -2.20. The fraction of sp³-hybridized carbons (Fsp3) is 0.267. The van der Waals surface area contributed by atoms with Crippen molar-refractivity contribution in [3.63, 3.8) is 0 Å². The number of nitrogens with two attached hydrogens (primary N) is 1. The van der Waals surface area contributed by atoms with Gasteiger partial charge in [-0.1, -0.05) is 0 Å². The van der Waals surface area contributed by atoms with Crippen LogP contribution in [-0.2, 0) is 6.42 Å². The van der Waals surface area contributed by atoms with Gasteiger partial charge in [-0.15, -0.1) is 0 Å². The number of nitrogens with zero attached hydrogens (tertiary/aromatic N) is 2. The Kier molecular flexibility index (Phi) is 4.23. The molecule has 0 spiro atoms. The molecule has 1 aromatic carbocycles. The van der Waals surface area contributed by atoms with E-state index in [1.165, 1.54) is 0 Å². The van der Waals surface area contributed by atoms with Crippen LogP contribution in [0, 0.1) is 0 Å². The standard InChI is InChI=1S/C15H19N3O/c1-18(14-5-7-15(19-2)8-6-14)10-9-13-4-3-12(16)11-17-13/h3-8,11H,9-10,16H2,1-2H3. The first-order chi connectivity index (χ1) is 9.19. The Labute approximate surface area is 113 Å². The van der Waals surface area contributed by atoms with Crippen molar-refractivity contribution in [3.8, 4) is 5.75 Å². The Morgan fingerprint density at radius 3 is 2.47 bits per heavy atom. The number of hydrogen-bond acceptors (Lipinski definition) is 4. The van der Waals surface area contributed by atoms with Crippen LogP contribution in [0.25, 0.3) is 0 Å². The van der Waals surface area contributed by atoms with Crippen molar-refractivity contribution in [2.24, 2.45) is 0 Å². The number of ether oxygens (including phenoxy) is 1. The van der Waals surface area contributed by atoms with E-state index >= 15 is 0 Å². The molecule has 0 amide bonds. The molecule has 0 unspecified atom stereocenters. The lowest BCUT2D eigenvalue weighted by Gasteiger charge is -2.19. The molecule has 0 bridgehead atoms. The highest BCUT2D eigenvalue weighted by Gasteiger charge is 2.02. The molecule has 0 atom stereocenters. The molecule has 0 aliphatic carbocycles. The van der Waals surface area contributed by atoms with Gasteiger partial charge in [-0.2, -0.15) is 0 Å². The first-order valence-electron chi connectivity index (χ1n) is 6.24. The zero-order valence-corrected chi connectivity index (χ0v) is 11.3. The summed E-state index contributed by atoms with van der Waals surface area (Å²) >= 11 is 0. The van der Waals surface area contributed by atoms with E-state index in [1.807, 2.05) is 24.3 Å². The molecule has 1 aromatic heterocycles. The van der Waals surface area contributed by atoms with Crippen LogP contribution in [0.4, 0.5) is 11.4 Å². The fourth-order valence-electron chi connectivity index (χ4n) is 1.83. The second-order valence-corrected chi connectivity index (χ2v) is 4.45. The molecule has 0 fully saturated rings. The molecule has 2 aromatic rings. The van der Waals surface area contributed by atoms with Gasteiger partial charge in [0.15, 0.2) is 0 Å². The summed E-state index contributed by atoms with van der Waals surface area (Å²) in [5.41, 5.74) is 8.53. The van der Waals surface area contributed by atoms with Gasteiger partial charge in [-0.25, -0.2) is 0 Å². The molecule has 0 aliphatic heterocycles. The van der Waals surface area contributed by atoms with E-state index in [0.29, 0.717) is 5.69 Å². The maximum atomic E-state index is 5.62. The SMILES string of the molecule is COc1ccc(N(C)CCc2ccc(N)cn2)cc1. The smallest absolute Gasteiger partial charge is 0.119 e. The zero-order valence-electron chi connectivity index (χ0n) is 11.3. The summed E-state index contributed by atoms with van der Waals surface area (Å²) in [5, 5.41) is 0. The van der Waals surface area contributed by atoms with Crippen LogP contribution in [0.5, 0.6) is 5.75 Å². The third kappa shape index (κ3) is 3.61. The molecule has 4 heteroatoms. The Hall–Kier alpha value is -2.23. The second-order valence-electron chi connectivity index (χ2n) is 4.45. The highest BCUT2D eigenvalue weighted by atomic mass is 16.5. The summed E-state index contributed by atoms with van der Waals surface area (Å²) in [5.74, 6) is 0.873. The predicted molar refractivity (Wildman–Crippen MR) is 78.6 cm³/mol. The fourth-order valence-corrected chi connectivity index (χ4v) is 1.83. The van der Waals surface area contributed by atoms with Gasteiger partial charge >= 0.3 is 0 Å². The highest BCUT2D eigenvalue weighted by Crippen LogP contribution is 2.18. The van der Waals surface area contributed by atoms with Crippen LogP contribution in [0.1, 0.15) is 5.69 Å². The van der Waals surface area contributed by atoms with Gasteiger partial charge in [-0.05, 0) is 36.4 Å². The summed E-state index contributed by atoms with van der Waals surface area (Å²) in [6.45, 7) is 0.906. The van der Waals surface area contributed by atoms with Crippen LogP contribution in [0.2, 0.25) is 0 Å². The number of hydrogen-bond donors (Lipinski definition) is 1. The number of rotatable bonds is 5. The average Bonchev–Trinajstić information content (AvgIpc) is 2.46. The largest absolute Gasteiger partial charge is 0.497 e. The van der Waals surface area contributed by atoms with Gasteiger partial charge in [0.1, 0.15) is 5.75 Å². The average molecular weight is 257 g/mol. The monoisotopic (exact) mass is 257 g/mol. The van der Waals surface area contributed by atoms with Gasteiger partial charge in [-0.3, -0.25) is 4.98 Å². The van der Waals surface area contributed by atoms with Crippen molar-refractivity contribution < 1.29 is 4.74 Å². The molecule has 0 aliphatic rings. The van der Waals surface area contributed by atoms with E-state index in [-0.39, 0.29) is 0 Å². The molecule has 0 saturated heterocycles. The summed E-state index contributed by atoms with van der Waals surface area (Å²) < 4.78 is 5.15. The normalized spacial score (nSPS) is 10.2. The van der Waals surface area contributed by atoms with Crippen molar-refractivity contribution in [2.75, 3.05) is 31.3 Å². The number of pyridine rings is 1. The molecule has 19 heavy (non-hydrogen) atoms. The quantitative estimate of drug-likeness (QED) is 0.893. The van der Waals surface area contributed by atoms with Gasteiger partial charge in [0.05, 0.1) is 19.0 Å². The number of nitrogen functional groups attached to an aromatic ring is 1. The molecule has 2 N–H and O–H groups in total. The van der Waals surface area contributed by atoms with Crippen molar-refractivity contribution >= 4 is 11.4 Å². The first-order valence-corrected chi connectivity index (χ1v) is 6.24. The third-order valence-electron chi connectivity index (χ3n) is 3.06. The molecule has 4 nitrogen and oxygen atoms in total. The minimum absolute atomic E-state index is 0.701. The molecule has 2 rings (SSSR count). The van der Waals surface area contributed by atoms with Crippen LogP contribution in [0.15, 0.2) is 42.6 Å². The maximum absolute atomic E-state index is 5.62. The van der Waals surface area contributed by atoms with Gasteiger partial charge in [0.25, 0.3) is 0 Å². The van der Waals surface area contributed by atoms with Crippen molar-refractivity contribution in [3.05, 3.63) is 48.3 Å². The lowest BCUT2D eigenvalue weighted by molar-refractivity contribution is 0.415. The number of likely N-dealkylation sites (N-methyl/N-ethyl adjacent to an activating group) is 1. The van der Waals surface area contributed by atoms with Crippen molar-refractivity contribution in [1.82, 2.24) is 4.98 Å². The summed E-state index contributed by atoms with van der Waals surface area (Å²) in [6.07, 6.45) is 2.59. The van der Waals surface area contributed by atoms with Crippen LogP contribution in [-0.4, -0.2) is 25.7 Å². The van der Waals surface area contributed by atoms with E-state index in [1.54, 1.807) is 13.3 Å². The van der Waals surface area contributed by atoms with Crippen LogP contribution < -0.4 is 15.4 Å². The summed E-state index contributed by atoms with van der Waals surface area (Å²) in [7, 11) is 3.74. The second kappa shape index (κ2) is 6.09. The van der Waals surface area contributed by atoms with Gasteiger partial charge in [0.2, 0.25) is 0 Å². The number of methoxy groups -OCH3 is 1. The van der Waals surface area contributed by atoms with Gasteiger partial charge in [0, 0.05) is 31.4 Å². The number of anilines is 2. The molecular formula is C15H19N3O. The van der Waals surface area contributed by atoms with Crippen LogP contribution >= 0.6 is 0 Å². The minimum atomic E-state index is 0.701. The number of benzene rings is 1. The van der Waals surface area contributed by atoms with E-state index in [0.717, 1.165) is 30.1 Å². The van der Waals surface area contributed by atoms with Crippen LogP contribution in [0.3, 0.4) is 0 Å². The Balaban J connectivity index is 1.93. The lowest BCUT2D eigenvalue weighted by atomic mass is 10.2. The Bertz CT molecular complexity index is 508. The Morgan fingerprint density at radius 2 is 1.89 bits per heavy atom.